The highest BCUT2D eigenvalue weighted by atomic mass is 16.5. The number of fused-ring (bicyclic) bond motifs is 1. The molecule has 200 valence electrons. The van der Waals surface area contributed by atoms with Gasteiger partial charge in [0.2, 0.25) is 5.91 Å². The zero-order valence-corrected chi connectivity index (χ0v) is 21.6. The second kappa shape index (κ2) is 11.0. The number of urea groups is 1. The average molecular weight is 522 g/mol. The first-order valence-electron chi connectivity index (χ1n) is 12.5. The minimum atomic E-state index is -0.957. The van der Waals surface area contributed by atoms with E-state index >= 15 is 0 Å². The fourth-order valence-corrected chi connectivity index (χ4v) is 4.91. The number of methoxy groups -OCH3 is 1. The molecule has 1 spiro atoms. The Balaban J connectivity index is 1.35. The number of carbonyl (C=O) groups is 5. The van der Waals surface area contributed by atoms with Crippen molar-refractivity contribution in [3.63, 3.8) is 0 Å². The first-order valence-corrected chi connectivity index (χ1v) is 12.5. The van der Waals surface area contributed by atoms with Crippen molar-refractivity contribution in [2.45, 2.75) is 63.5 Å². The summed E-state index contributed by atoms with van der Waals surface area (Å²) in [5, 5.41) is 7.94. The number of ketones is 1. The molecule has 10 heteroatoms. The zero-order chi connectivity index (χ0) is 27.4. The second-order valence-electron chi connectivity index (χ2n) is 9.85. The number of benzene rings is 2. The molecule has 2 aromatic rings. The SMILES string of the molecule is COC(=O)CC(Oc1ccccc1C(C)CCC(=O)Nc1ccc2c(c1)CC1(C2)NC(=O)NC1=O)C(C)=O. The number of hydrogen-bond donors (Lipinski definition) is 3. The van der Waals surface area contributed by atoms with Gasteiger partial charge in [-0.3, -0.25) is 24.5 Å². The van der Waals surface area contributed by atoms with Gasteiger partial charge in [-0.2, -0.15) is 0 Å². The van der Waals surface area contributed by atoms with Crippen molar-refractivity contribution in [3.05, 3.63) is 59.2 Å². The average Bonchev–Trinajstić information content (AvgIpc) is 3.38. The summed E-state index contributed by atoms with van der Waals surface area (Å²) in [4.78, 5) is 60.3. The lowest BCUT2D eigenvalue weighted by Crippen LogP contribution is -2.47. The maximum Gasteiger partial charge on any atom is 0.322 e. The molecule has 2 aliphatic rings. The molecule has 0 radical (unpaired) electrons. The number of imide groups is 1. The molecule has 0 saturated carbocycles. The maximum atomic E-state index is 12.7. The molecule has 1 fully saturated rings. The highest BCUT2D eigenvalue weighted by Crippen LogP contribution is 2.34. The predicted molar refractivity (Wildman–Crippen MR) is 138 cm³/mol. The van der Waals surface area contributed by atoms with E-state index in [-0.39, 0.29) is 36.4 Å². The lowest BCUT2D eigenvalue weighted by Gasteiger charge is -2.21. The molecule has 2 aromatic carbocycles. The number of rotatable bonds is 10. The summed E-state index contributed by atoms with van der Waals surface area (Å²) >= 11 is 0. The molecular formula is C28H31N3O7. The van der Waals surface area contributed by atoms with Crippen LogP contribution in [0.15, 0.2) is 42.5 Å². The van der Waals surface area contributed by atoms with E-state index in [1.165, 1.54) is 14.0 Å². The Morgan fingerprint density at radius 3 is 2.50 bits per heavy atom. The fraction of sp³-hybridized carbons (Fsp3) is 0.393. The Kier molecular flexibility index (Phi) is 7.80. The van der Waals surface area contributed by atoms with Crippen molar-refractivity contribution in [3.8, 4) is 5.75 Å². The lowest BCUT2D eigenvalue weighted by atomic mass is 9.95. The number of nitrogens with one attached hydrogen (secondary N) is 3. The van der Waals surface area contributed by atoms with Crippen molar-refractivity contribution in [1.29, 1.82) is 0 Å². The summed E-state index contributed by atoms with van der Waals surface area (Å²) in [5.74, 6) is -0.893. The van der Waals surface area contributed by atoms with Gasteiger partial charge < -0.3 is 20.1 Å². The minimum Gasteiger partial charge on any atom is -0.482 e. The van der Waals surface area contributed by atoms with Crippen LogP contribution in [0.4, 0.5) is 10.5 Å². The number of hydrogen-bond acceptors (Lipinski definition) is 7. The van der Waals surface area contributed by atoms with E-state index in [1.807, 2.05) is 31.2 Å². The molecule has 38 heavy (non-hydrogen) atoms. The number of anilines is 1. The summed E-state index contributed by atoms with van der Waals surface area (Å²) < 4.78 is 10.6. The summed E-state index contributed by atoms with van der Waals surface area (Å²) in [6.07, 6.45) is 0.408. The molecule has 4 amide bonds. The predicted octanol–water partition coefficient (Wildman–Crippen LogP) is 2.79. The molecule has 0 aromatic heterocycles. The van der Waals surface area contributed by atoms with Crippen LogP contribution >= 0.6 is 0 Å². The zero-order valence-electron chi connectivity index (χ0n) is 21.6. The van der Waals surface area contributed by atoms with Gasteiger partial charge >= 0.3 is 12.0 Å². The van der Waals surface area contributed by atoms with Gasteiger partial charge in [0.15, 0.2) is 11.9 Å². The smallest absolute Gasteiger partial charge is 0.322 e. The molecule has 3 N–H and O–H groups in total. The molecule has 3 unspecified atom stereocenters. The van der Waals surface area contributed by atoms with Gasteiger partial charge in [-0.05, 0) is 54.2 Å². The van der Waals surface area contributed by atoms with E-state index in [2.05, 4.69) is 20.7 Å². The summed E-state index contributed by atoms with van der Waals surface area (Å²) in [5.41, 5.74) is 2.37. The van der Waals surface area contributed by atoms with Crippen LogP contribution in [0, 0.1) is 0 Å². The van der Waals surface area contributed by atoms with Gasteiger partial charge in [0.25, 0.3) is 5.91 Å². The third-order valence-electron chi connectivity index (χ3n) is 7.05. The molecule has 10 nitrogen and oxygen atoms in total. The van der Waals surface area contributed by atoms with Gasteiger partial charge in [0, 0.05) is 24.9 Å². The van der Waals surface area contributed by atoms with Gasteiger partial charge in [-0.1, -0.05) is 31.2 Å². The molecule has 0 bridgehead atoms. The standard InChI is InChI=1S/C28H31N3O7/c1-16(21-6-4-5-7-22(21)38-23(17(2)32)13-25(34)37-3)8-11-24(33)29-20-10-9-18-14-28(15-19(18)12-20)26(35)30-27(36)31-28/h4-7,9-10,12,16,23H,8,11,13-15H2,1-3H3,(H,29,33)(H2,30,31,35,36). The quantitative estimate of drug-likeness (QED) is 0.323. The number of esters is 1. The van der Waals surface area contributed by atoms with Crippen LogP contribution in [-0.4, -0.2) is 48.4 Å². The first kappa shape index (κ1) is 26.8. The largest absolute Gasteiger partial charge is 0.482 e. The van der Waals surface area contributed by atoms with Crippen LogP contribution in [0.2, 0.25) is 0 Å². The third-order valence-corrected chi connectivity index (χ3v) is 7.05. The van der Waals surface area contributed by atoms with E-state index in [4.69, 9.17) is 4.74 Å². The van der Waals surface area contributed by atoms with E-state index in [1.54, 1.807) is 18.2 Å². The first-order chi connectivity index (χ1) is 18.1. The Morgan fingerprint density at radius 2 is 1.82 bits per heavy atom. The van der Waals surface area contributed by atoms with Crippen LogP contribution in [0.3, 0.4) is 0 Å². The Morgan fingerprint density at radius 1 is 1.08 bits per heavy atom. The molecule has 3 atom stereocenters. The number of Topliss-reactive ketones (excluding diaryl/α,β-unsaturated/α-hetero) is 1. The number of amides is 4. The molecule has 1 saturated heterocycles. The number of ether oxygens (including phenoxy) is 2. The Hall–Kier alpha value is -4.21. The van der Waals surface area contributed by atoms with Crippen LogP contribution in [0.1, 0.15) is 55.7 Å². The van der Waals surface area contributed by atoms with E-state index in [9.17, 15) is 24.0 Å². The number of carbonyl (C=O) groups excluding carboxylic acids is 5. The van der Waals surface area contributed by atoms with Crippen molar-refractivity contribution in [1.82, 2.24) is 10.6 Å². The summed E-state index contributed by atoms with van der Waals surface area (Å²) in [6.45, 7) is 3.33. The van der Waals surface area contributed by atoms with Crippen LogP contribution in [0.25, 0.3) is 0 Å². The highest BCUT2D eigenvalue weighted by Gasteiger charge is 2.50. The fourth-order valence-electron chi connectivity index (χ4n) is 4.91. The van der Waals surface area contributed by atoms with E-state index in [0.29, 0.717) is 30.7 Å². The molecule has 4 rings (SSSR count). The van der Waals surface area contributed by atoms with Gasteiger partial charge in [0.1, 0.15) is 11.3 Å². The monoisotopic (exact) mass is 521 g/mol. The van der Waals surface area contributed by atoms with Gasteiger partial charge in [0.05, 0.1) is 13.5 Å². The normalized spacial score (nSPS) is 19.2. The second-order valence-corrected chi connectivity index (χ2v) is 9.85. The maximum absolute atomic E-state index is 12.7. The molecule has 1 heterocycles. The summed E-state index contributed by atoms with van der Waals surface area (Å²) in [6, 6.07) is 12.3. The highest BCUT2D eigenvalue weighted by molar-refractivity contribution is 6.08. The van der Waals surface area contributed by atoms with E-state index in [0.717, 1.165) is 16.7 Å². The van der Waals surface area contributed by atoms with Crippen molar-refractivity contribution in [2.75, 3.05) is 12.4 Å². The molecule has 1 aliphatic carbocycles. The molecule has 1 aliphatic heterocycles. The van der Waals surface area contributed by atoms with E-state index < -0.39 is 23.6 Å². The topological polar surface area (TPSA) is 140 Å². The minimum absolute atomic E-state index is 0.0629. The number of para-hydroxylation sites is 1. The van der Waals surface area contributed by atoms with Crippen molar-refractivity contribution in [2.24, 2.45) is 0 Å². The summed E-state index contributed by atoms with van der Waals surface area (Å²) in [7, 11) is 1.26. The van der Waals surface area contributed by atoms with Gasteiger partial charge in [-0.15, -0.1) is 0 Å². The van der Waals surface area contributed by atoms with Crippen molar-refractivity contribution < 1.29 is 33.4 Å². The van der Waals surface area contributed by atoms with Gasteiger partial charge in [-0.25, -0.2) is 4.79 Å². The molecular weight excluding hydrogens is 490 g/mol. The third kappa shape index (κ3) is 5.85. The van der Waals surface area contributed by atoms with Crippen LogP contribution in [-0.2, 0) is 36.8 Å². The van der Waals surface area contributed by atoms with Crippen molar-refractivity contribution >= 4 is 35.3 Å². The Bertz CT molecular complexity index is 1290. The Labute approximate surface area is 220 Å². The van der Waals surface area contributed by atoms with Crippen LogP contribution < -0.4 is 20.7 Å². The lowest BCUT2D eigenvalue weighted by molar-refractivity contribution is -0.145. The van der Waals surface area contributed by atoms with Crippen LogP contribution in [0.5, 0.6) is 5.75 Å².